The molecular weight excluding hydrogens is 368 g/mol. The van der Waals surface area contributed by atoms with Gasteiger partial charge in [0.2, 0.25) is 0 Å². The summed E-state index contributed by atoms with van der Waals surface area (Å²) in [4.78, 5) is 0. The SMILES string of the molecule is CCOCCC1=C(c2ccccc2)c2ccccc2C1c1cc(Cl)ccc1O. The molecule has 1 N–H and O–H groups in total. The lowest BCUT2D eigenvalue weighted by Crippen LogP contribution is -2.05. The van der Waals surface area contributed by atoms with Gasteiger partial charge in [0.15, 0.2) is 0 Å². The van der Waals surface area contributed by atoms with Crippen LogP contribution >= 0.6 is 11.6 Å². The van der Waals surface area contributed by atoms with Crippen molar-refractivity contribution < 1.29 is 9.84 Å². The maximum Gasteiger partial charge on any atom is 0.119 e. The first-order valence-corrected chi connectivity index (χ1v) is 10.0. The van der Waals surface area contributed by atoms with Crippen LogP contribution in [0.25, 0.3) is 5.57 Å². The molecule has 3 heteroatoms. The van der Waals surface area contributed by atoms with Gasteiger partial charge >= 0.3 is 0 Å². The standard InChI is InChI=1S/C25H23ClO2/c1-2-28-15-14-21-24(17-8-4-3-5-9-17)19-10-6-7-11-20(19)25(21)22-16-18(26)12-13-23(22)27/h3-13,16,25,27H,2,14-15H2,1H3. The molecule has 28 heavy (non-hydrogen) atoms. The average molecular weight is 391 g/mol. The Balaban J connectivity index is 1.94. The third-order valence-corrected chi connectivity index (χ3v) is 5.53. The first kappa shape index (κ1) is 18.8. The molecule has 3 aromatic carbocycles. The Hall–Kier alpha value is -2.55. The van der Waals surface area contributed by atoms with Crippen molar-refractivity contribution >= 4 is 17.2 Å². The molecule has 0 heterocycles. The van der Waals surface area contributed by atoms with Crippen LogP contribution in [0.15, 0.2) is 78.4 Å². The van der Waals surface area contributed by atoms with E-state index in [1.807, 2.05) is 19.1 Å². The Morgan fingerprint density at radius 1 is 0.929 bits per heavy atom. The smallest absolute Gasteiger partial charge is 0.119 e. The van der Waals surface area contributed by atoms with E-state index in [9.17, 15) is 5.11 Å². The van der Waals surface area contributed by atoms with Gasteiger partial charge in [0.1, 0.15) is 5.75 Å². The number of aromatic hydroxyl groups is 1. The highest BCUT2D eigenvalue weighted by molar-refractivity contribution is 6.30. The van der Waals surface area contributed by atoms with E-state index in [0.717, 1.165) is 12.0 Å². The van der Waals surface area contributed by atoms with Crippen LogP contribution in [0.5, 0.6) is 5.75 Å². The lowest BCUT2D eigenvalue weighted by atomic mass is 9.86. The second-order valence-electron chi connectivity index (χ2n) is 6.94. The van der Waals surface area contributed by atoms with Crippen molar-refractivity contribution in [2.45, 2.75) is 19.3 Å². The summed E-state index contributed by atoms with van der Waals surface area (Å²) < 4.78 is 5.69. The van der Waals surface area contributed by atoms with E-state index in [1.54, 1.807) is 12.1 Å². The van der Waals surface area contributed by atoms with Crippen molar-refractivity contribution in [3.63, 3.8) is 0 Å². The predicted molar refractivity (Wildman–Crippen MR) is 115 cm³/mol. The molecule has 0 saturated heterocycles. The summed E-state index contributed by atoms with van der Waals surface area (Å²) in [6, 6.07) is 24.2. The van der Waals surface area contributed by atoms with Crippen molar-refractivity contribution in [3.05, 3.63) is 106 Å². The summed E-state index contributed by atoms with van der Waals surface area (Å²) >= 11 is 6.30. The lowest BCUT2D eigenvalue weighted by Gasteiger charge is -2.19. The molecule has 1 atom stereocenters. The molecule has 0 radical (unpaired) electrons. The minimum atomic E-state index is -0.0365. The van der Waals surface area contributed by atoms with E-state index in [-0.39, 0.29) is 11.7 Å². The van der Waals surface area contributed by atoms with Gasteiger partial charge in [-0.15, -0.1) is 0 Å². The zero-order chi connectivity index (χ0) is 19.5. The number of phenolic OH excluding ortho intramolecular Hbond substituents is 1. The van der Waals surface area contributed by atoms with Crippen LogP contribution in [-0.2, 0) is 4.74 Å². The highest BCUT2D eigenvalue weighted by atomic mass is 35.5. The molecule has 0 aromatic heterocycles. The minimum Gasteiger partial charge on any atom is -0.508 e. The Kier molecular flexibility index (Phi) is 5.52. The van der Waals surface area contributed by atoms with Gasteiger partial charge in [0.25, 0.3) is 0 Å². The topological polar surface area (TPSA) is 29.5 Å². The largest absolute Gasteiger partial charge is 0.508 e. The molecule has 0 spiro atoms. The predicted octanol–water partition coefficient (Wildman–Crippen LogP) is 6.42. The van der Waals surface area contributed by atoms with Crippen molar-refractivity contribution in [2.24, 2.45) is 0 Å². The zero-order valence-corrected chi connectivity index (χ0v) is 16.6. The van der Waals surface area contributed by atoms with E-state index in [0.29, 0.717) is 18.2 Å². The number of hydrogen-bond donors (Lipinski definition) is 1. The number of hydrogen-bond acceptors (Lipinski definition) is 2. The van der Waals surface area contributed by atoms with Crippen LogP contribution < -0.4 is 0 Å². The fourth-order valence-corrected chi connectivity index (χ4v) is 4.32. The first-order valence-electron chi connectivity index (χ1n) is 9.64. The Morgan fingerprint density at radius 3 is 2.46 bits per heavy atom. The van der Waals surface area contributed by atoms with Crippen LogP contribution in [0.4, 0.5) is 0 Å². The number of benzene rings is 3. The third-order valence-electron chi connectivity index (χ3n) is 5.29. The molecule has 1 aliphatic carbocycles. The van der Waals surface area contributed by atoms with E-state index in [1.165, 1.54) is 27.8 Å². The second-order valence-corrected chi connectivity index (χ2v) is 7.37. The maximum absolute atomic E-state index is 10.7. The Bertz CT molecular complexity index is 1010. The number of ether oxygens (including phenoxy) is 1. The van der Waals surface area contributed by atoms with Crippen LogP contribution in [0.2, 0.25) is 5.02 Å². The van der Waals surface area contributed by atoms with Crippen molar-refractivity contribution in [3.8, 4) is 5.75 Å². The highest BCUT2D eigenvalue weighted by Gasteiger charge is 2.34. The molecule has 0 saturated carbocycles. The van der Waals surface area contributed by atoms with E-state index in [4.69, 9.17) is 16.3 Å². The van der Waals surface area contributed by atoms with E-state index >= 15 is 0 Å². The van der Waals surface area contributed by atoms with Crippen molar-refractivity contribution in [2.75, 3.05) is 13.2 Å². The normalized spacial score (nSPS) is 15.7. The Morgan fingerprint density at radius 2 is 1.68 bits per heavy atom. The van der Waals surface area contributed by atoms with Gasteiger partial charge in [-0.25, -0.2) is 0 Å². The molecule has 0 fully saturated rings. The van der Waals surface area contributed by atoms with Crippen LogP contribution in [0, 0.1) is 0 Å². The summed E-state index contributed by atoms with van der Waals surface area (Å²) in [7, 11) is 0. The molecular formula is C25H23ClO2. The van der Waals surface area contributed by atoms with Crippen LogP contribution in [-0.4, -0.2) is 18.3 Å². The summed E-state index contributed by atoms with van der Waals surface area (Å²) in [6.45, 7) is 3.35. The van der Waals surface area contributed by atoms with E-state index in [2.05, 4.69) is 48.5 Å². The molecule has 2 nitrogen and oxygen atoms in total. The number of rotatable bonds is 6. The van der Waals surface area contributed by atoms with Gasteiger partial charge in [0, 0.05) is 23.1 Å². The molecule has 1 unspecified atom stereocenters. The molecule has 3 aromatic rings. The summed E-state index contributed by atoms with van der Waals surface area (Å²) in [5, 5.41) is 11.3. The minimum absolute atomic E-state index is 0.0365. The fourth-order valence-electron chi connectivity index (χ4n) is 4.13. The van der Waals surface area contributed by atoms with Crippen LogP contribution in [0.1, 0.15) is 41.5 Å². The fraction of sp³-hybridized carbons (Fsp3) is 0.200. The summed E-state index contributed by atoms with van der Waals surface area (Å²) in [5.74, 6) is 0.234. The van der Waals surface area contributed by atoms with Crippen molar-refractivity contribution in [1.29, 1.82) is 0 Å². The number of fused-ring (bicyclic) bond motifs is 1. The van der Waals surface area contributed by atoms with Gasteiger partial charge in [-0.1, -0.05) is 66.2 Å². The summed E-state index contributed by atoms with van der Waals surface area (Å²) in [6.07, 6.45) is 0.795. The second kappa shape index (κ2) is 8.22. The van der Waals surface area contributed by atoms with E-state index < -0.39 is 0 Å². The van der Waals surface area contributed by atoms with Gasteiger partial charge in [-0.05, 0) is 59.4 Å². The van der Waals surface area contributed by atoms with Gasteiger partial charge in [0.05, 0.1) is 6.61 Å². The number of phenols is 1. The monoisotopic (exact) mass is 390 g/mol. The van der Waals surface area contributed by atoms with Gasteiger partial charge in [-0.2, -0.15) is 0 Å². The molecule has 0 amide bonds. The molecule has 1 aliphatic rings. The molecule has 142 valence electrons. The number of halogens is 1. The first-order chi connectivity index (χ1) is 13.7. The van der Waals surface area contributed by atoms with Crippen LogP contribution in [0.3, 0.4) is 0 Å². The van der Waals surface area contributed by atoms with Gasteiger partial charge in [-0.3, -0.25) is 0 Å². The zero-order valence-electron chi connectivity index (χ0n) is 15.9. The van der Waals surface area contributed by atoms with Crippen molar-refractivity contribution in [1.82, 2.24) is 0 Å². The van der Waals surface area contributed by atoms with Gasteiger partial charge < -0.3 is 9.84 Å². The third kappa shape index (κ3) is 3.46. The summed E-state index contributed by atoms with van der Waals surface area (Å²) in [5.41, 5.74) is 6.94. The molecule has 0 aliphatic heterocycles. The average Bonchev–Trinajstić information content (AvgIpc) is 3.04. The Labute approximate surface area is 171 Å². The molecule has 4 rings (SSSR count). The lowest BCUT2D eigenvalue weighted by molar-refractivity contribution is 0.150. The molecule has 0 bridgehead atoms. The quantitative estimate of drug-likeness (QED) is 0.492. The maximum atomic E-state index is 10.7. The highest BCUT2D eigenvalue weighted by Crippen LogP contribution is 2.51.